The predicted octanol–water partition coefficient (Wildman–Crippen LogP) is 4.66. The second-order valence-electron chi connectivity index (χ2n) is 5.03. The molecule has 1 fully saturated rings. The molecule has 102 valence electrons. The molecule has 2 aromatic carbocycles. The number of rotatable bonds is 3. The molecule has 2 aromatic rings. The van der Waals surface area contributed by atoms with Crippen molar-refractivity contribution >= 4 is 34.8 Å². The molecule has 0 atom stereocenters. The number of amides is 1. The van der Waals surface area contributed by atoms with Crippen LogP contribution in [-0.4, -0.2) is 5.91 Å². The van der Waals surface area contributed by atoms with Crippen molar-refractivity contribution in [3.63, 3.8) is 0 Å². The number of carbonyl (C=O) groups excluding carboxylic acids is 1. The van der Waals surface area contributed by atoms with Gasteiger partial charge in [0.25, 0.3) is 0 Å². The topological polar surface area (TPSA) is 29.1 Å². The van der Waals surface area contributed by atoms with Gasteiger partial charge in [0.2, 0.25) is 5.91 Å². The molecule has 20 heavy (non-hydrogen) atoms. The van der Waals surface area contributed by atoms with Gasteiger partial charge < -0.3 is 5.32 Å². The molecule has 4 heteroatoms. The van der Waals surface area contributed by atoms with E-state index in [9.17, 15) is 4.79 Å². The maximum Gasteiger partial charge on any atom is 0.235 e. The lowest BCUT2D eigenvalue weighted by Crippen LogP contribution is -2.27. The van der Waals surface area contributed by atoms with Gasteiger partial charge in [0.1, 0.15) is 0 Å². The molecule has 3 rings (SSSR count). The Bertz CT molecular complexity index is 665. The fourth-order valence-corrected chi connectivity index (χ4v) is 2.74. The summed E-state index contributed by atoms with van der Waals surface area (Å²) in [5, 5.41) is 4.11. The quantitative estimate of drug-likeness (QED) is 0.877. The lowest BCUT2D eigenvalue weighted by atomic mass is 9.95. The zero-order chi connectivity index (χ0) is 14.2. The fourth-order valence-electron chi connectivity index (χ4n) is 2.36. The van der Waals surface area contributed by atoms with Gasteiger partial charge in [-0.3, -0.25) is 4.79 Å². The van der Waals surface area contributed by atoms with E-state index >= 15 is 0 Å². The van der Waals surface area contributed by atoms with E-state index in [2.05, 4.69) is 5.32 Å². The summed E-state index contributed by atoms with van der Waals surface area (Å²) in [6.45, 7) is 0. The van der Waals surface area contributed by atoms with E-state index in [1.807, 2.05) is 36.4 Å². The number of carbonyl (C=O) groups is 1. The van der Waals surface area contributed by atoms with E-state index < -0.39 is 5.41 Å². The first-order chi connectivity index (χ1) is 9.62. The Morgan fingerprint density at radius 2 is 1.80 bits per heavy atom. The summed E-state index contributed by atoms with van der Waals surface area (Å²) in [5.41, 5.74) is 1.16. The van der Waals surface area contributed by atoms with Crippen molar-refractivity contribution in [2.24, 2.45) is 0 Å². The van der Waals surface area contributed by atoms with Crippen LogP contribution in [0.5, 0.6) is 0 Å². The number of hydrogen-bond donors (Lipinski definition) is 1. The van der Waals surface area contributed by atoms with Crippen LogP contribution in [0.25, 0.3) is 0 Å². The number of hydrogen-bond acceptors (Lipinski definition) is 1. The van der Waals surface area contributed by atoms with Crippen LogP contribution < -0.4 is 5.32 Å². The number of para-hydroxylation sites is 1. The molecule has 1 N–H and O–H groups in total. The molecule has 1 saturated carbocycles. The van der Waals surface area contributed by atoms with Gasteiger partial charge in [0.15, 0.2) is 0 Å². The predicted molar refractivity (Wildman–Crippen MR) is 82.4 cm³/mol. The lowest BCUT2D eigenvalue weighted by Gasteiger charge is -2.16. The van der Waals surface area contributed by atoms with Crippen molar-refractivity contribution in [3.8, 4) is 0 Å². The maximum absolute atomic E-state index is 12.5. The second-order valence-corrected chi connectivity index (χ2v) is 5.87. The minimum atomic E-state index is -0.454. The van der Waals surface area contributed by atoms with E-state index in [1.54, 1.807) is 12.1 Å². The largest absolute Gasteiger partial charge is 0.324 e. The van der Waals surface area contributed by atoms with Crippen molar-refractivity contribution in [2.45, 2.75) is 18.3 Å². The van der Waals surface area contributed by atoms with E-state index in [1.165, 1.54) is 0 Å². The fraction of sp³-hybridized carbons (Fsp3) is 0.188. The Labute approximate surface area is 127 Å². The number of anilines is 1. The Hall–Kier alpha value is -1.51. The molecule has 1 amide bonds. The highest BCUT2D eigenvalue weighted by Gasteiger charge is 2.51. The minimum absolute atomic E-state index is 0.0205. The number of nitrogens with one attached hydrogen (secondary N) is 1. The van der Waals surface area contributed by atoms with E-state index in [4.69, 9.17) is 23.2 Å². The summed E-state index contributed by atoms with van der Waals surface area (Å²) in [6, 6.07) is 14.7. The van der Waals surface area contributed by atoms with Crippen LogP contribution in [0.15, 0.2) is 48.5 Å². The van der Waals surface area contributed by atoms with E-state index in [0.717, 1.165) is 18.4 Å². The smallest absolute Gasteiger partial charge is 0.235 e. The van der Waals surface area contributed by atoms with Gasteiger partial charge in [-0.15, -0.1) is 0 Å². The van der Waals surface area contributed by atoms with Crippen molar-refractivity contribution in [1.82, 2.24) is 0 Å². The van der Waals surface area contributed by atoms with E-state index in [0.29, 0.717) is 15.7 Å². The Balaban J connectivity index is 1.86. The standard InChI is InChI=1S/C16H13Cl2NO/c17-12-5-3-4-11(10-12)16(8-9-16)15(20)19-14-7-2-1-6-13(14)18/h1-7,10H,8-9H2,(H,19,20). The number of halogens is 2. The molecule has 1 aliphatic carbocycles. The minimum Gasteiger partial charge on any atom is -0.324 e. The molecule has 0 aromatic heterocycles. The molecular formula is C16H13Cl2NO. The van der Waals surface area contributed by atoms with Gasteiger partial charge in [-0.2, -0.15) is 0 Å². The Kier molecular flexibility index (Phi) is 3.45. The first-order valence-electron chi connectivity index (χ1n) is 6.44. The van der Waals surface area contributed by atoms with E-state index in [-0.39, 0.29) is 5.91 Å². The van der Waals surface area contributed by atoms with Crippen molar-refractivity contribution < 1.29 is 4.79 Å². The zero-order valence-corrected chi connectivity index (χ0v) is 12.2. The SMILES string of the molecule is O=C(Nc1ccccc1Cl)C1(c2cccc(Cl)c2)CC1. The van der Waals surface area contributed by atoms with Crippen LogP contribution in [0, 0.1) is 0 Å². The highest BCUT2D eigenvalue weighted by Crippen LogP contribution is 2.49. The summed E-state index contributed by atoms with van der Waals surface area (Å²) >= 11 is 12.1. The molecule has 0 bridgehead atoms. The molecule has 0 saturated heterocycles. The summed E-state index contributed by atoms with van der Waals surface area (Å²) in [6.07, 6.45) is 1.67. The molecule has 0 unspecified atom stereocenters. The average molecular weight is 306 g/mol. The Morgan fingerprint density at radius 3 is 2.45 bits per heavy atom. The third-order valence-corrected chi connectivity index (χ3v) is 4.25. The monoisotopic (exact) mass is 305 g/mol. The first-order valence-corrected chi connectivity index (χ1v) is 7.19. The van der Waals surface area contributed by atoms with Crippen molar-refractivity contribution in [1.29, 1.82) is 0 Å². The normalized spacial score (nSPS) is 15.7. The van der Waals surface area contributed by atoms with Crippen molar-refractivity contribution in [2.75, 3.05) is 5.32 Å². The van der Waals surface area contributed by atoms with Crippen LogP contribution in [0.1, 0.15) is 18.4 Å². The highest BCUT2D eigenvalue weighted by molar-refractivity contribution is 6.33. The van der Waals surface area contributed by atoms with Crippen molar-refractivity contribution in [3.05, 3.63) is 64.1 Å². The molecule has 0 radical (unpaired) electrons. The first kappa shape index (κ1) is 13.5. The maximum atomic E-state index is 12.5. The van der Waals surface area contributed by atoms with Gasteiger partial charge in [-0.1, -0.05) is 47.5 Å². The summed E-state index contributed by atoms with van der Waals surface area (Å²) < 4.78 is 0. The molecule has 0 heterocycles. The summed E-state index contributed by atoms with van der Waals surface area (Å²) in [7, 11) is 0. The molecule has 0 spiro atoms. The number of benzene rings is 2. The van der Waals surface area contributed by atoms with Gasteiger partial charge in [-0.05, 0) is 42.7 Å². The average Bonchev–Trinajstić information content (AvgIpc) is 3.23. The molecule has 0 aliphatic heterocycles. The third kappa shape index (κ3) is 2.41. The second kappa shape index (κ2) is 5.12. The van der Waals surface area contributed by atoms with Gasteiger partial charge in [-0.25, -0.2) is 0 Å². The van der Waals surface area contributed by atoms with Crippen LogP contribution >= 0.6 is 23.2 Å². The molecule has 1 aliphatic rings. The third-order valence-electron chi connectivity index (χ3n) is 3.68. The van der Waals surface area contributed by atoms with Gasteiger partial charge in [0.05, 0.1) is 16.1 Å². The van der Waals surface area contributed by atoms with Gasteiger partial charge in [0, 0.05) is 5.02 Å². The van der Waals surface area contributed by atoms with Crippen LogP contribution in [0.4, 0.5) is 5.69 Å². The van der Waals surface area contributed by atoms with Crippen LogP contribution in [-0.2, 0) is 10.2 Å². The lowest BCUT2D eigenvalue weighted by molar-refractivity contribution is -0.118. The zero-order valence-electron chi connectivity index (χ0n) is 10.7. The highest BCUT2D eigenvalue weighted by atomic mass is 35.5. The molecular weight excluding hydrogens is 293 g/mol. The summed E-state index contributed by atoms with van der Waals surface area (Å²) in [5.74, 6) is -0.0205. The Morgan fingerprint density at radius 1 is 1.05 bits per heavy atom. The van der Waals surface area contributed by atoms with Crippen LogP contribution in [0.2, 0.25) is 10.0 Å². The summed E-state index contributed by atoms with van der Waals surface area (Å²) in [4.78, 5) is 12.5. The molecule has 2 nitrogen and oxygen atoms in total. The van der Waals surface area contributed by atoms with Gasteiger partial charge >= 0.3 is 0 Å². The van der Waals surface area contributed by atoms with Crippen LogP contribution in [0.3, 0.4) is 0 Å².